The Morgan fingerprint density at radius 1 is 1.38 bits per heavy atom. The third-order valence-electron chi connectivity index (χ3n) is 3.14. The van der Waals surface area contributed by atoms with E-state index in [9.17, 15) is 0 Å². The first-order chi connectivity index (χ1) is 7.85. The molecule has 1 aliphatic rings. The molecule has 1 aliphatic carbocycles. The summed E-state index contributed by atoms with van der Waals surface area (Å²) < 4.78 is 0. The summed E-state index contributed by atoms with van der Waals surface area (Å²) in [6.07, 6.45) is 5.96. The summed E-state index contributed by atoms with van der Waals surface area (Å²) in [5.74, 6) is 0. The van der Waals surface area contributed by atoms with Gasteiger partial charge >= 0.3 is 0 Å². The minimum absolute atomic E-state index is 0.518. The molecular formula is C13H16N2S. The second-order valence-corrected chi connectivity index (χ2v) is 5.19. The Bertz CT molecular complexity index is 397. The molecule has 0 heterocycles. The maximum atomic E-state index is 9.02. The predicted octanol–water partition coefficient (Wildman–Crippen LogP) is 3.25. The van der Waals surface area contributed by atoms with Crippen molar-refractivity contribution in [1.82, 2.24) is 0 Å². The first-order valence-corrected chi connectivity index (χ1v) is 6.92. The molecule has 84 valence electrons. The highest BCUT2D eigenvalue weighted by Gasteiger charge is 2.26. The van der Waals surface area contributed by atoms with Gasteiger partial charge in [-0.3, -0.25) is 0 Å². The summed E-state index contributed by atoms with van der Waals surface area (Å²) in [6, 6.07) is 10.5. The van der Waals surface area contributed by atoms with Gasteiger partial charge in [-0.2, -0.15) is 17.0 Å². The Labute approximate surface area is 101 Å². The van der Waals surface area contributed by atoms with Crippen LogP contribution in [-0.4, -0.2) is 17.5 Å². The van der Waals surface area contributed by atoms with Crippen molar-refractivity contribution in [3.8, 4) is 6.07 Å². The molecule has 1 N–H and O–H groups in total. The fourth-order valence-corrected chi connectivity index (χ4v) is 3.21. The Hall–Kier alpha value is -1.14. The normalized spacial score (nSPS) is 24.0. The summed E-state index contributed by atoms with van der Waals surface area (Å²) in [5.41, 5.74) is 1.73. The smallest absolute Gasteiger partial charge is 0.101 e. The molecule has 0 aliphatic heterocycles. The van der Waals surface area contributed by atoms with Crippen LogP contribution in [0.5, 0.6) is 0 Å². The summed E-state index contributed by atoms with van der Waals surface area (Å²) in [6.45, 7) is 0. The van der Waals surface area contributed by atoms with Crippen LogP contribution in [0.2, 0.25) is 0 Å². The van der Waals surface area contributed by atoms with Gasteiger partial charge in [-0.1, -0.05) is 18.6 Å². The lowest BCUT2D eigenvalue weighted by atomic mass is 10.1. The molecule has 1 aromatic rings. The Morgan fingerprint density at radius 3 is 2.94 bits per heavy atom. The molecule has 0 amide bonds. The van der Waals surface area contributed by atoms with E-state index in [2.05, 4.69) is 17.6 Å². The molecule has 1 aromatic carbocycles. The average molecular weight is 232 g/mol. The molecule has 2 rings (SSSR count). The van der Waals surface area contributed by atoms with Gasteiger partial charge in [0.25, 0.3) is 0 Å². The van der Waals surface area contributed by atoms with E-state index in [4.69, 9.17) is 5.26 Å². The van der Waals surface area contributed by atoms with Crippen LogP contribution in [0.3, 0.4) is 0 Å². The van der Waals surface area contributed by atoms with Crippen LogP contribution in [0.4, 0.5) is 5.69 Å². The molecular weight excluding hydrogens is 216 g/mol. The Balaban J connectivity index is 2.12. The van der Waals surface area contributed by atoms with Gasteiger partial charge in [-0.05, 0) is 31.2 Å². The average Bonchev–Trinajstić information content (AvgIpc) is 2.77. The van der Waals surface area contributed by atoms with Gasteiger partial charge in [-0.25, -0.2) is 0 Å². The molecule has 1 fully saturated rings. The van der Waals surface area contributed by atoms with Crippen LogP contribution in [0.15, 0.2) is 24.3 Å². The van der Waals surface area contributed by atoms with Gasteiger partial charge in [0.05, 0.1) is 11.3 Å². The largest absolute Gasteiger partial charge is 0.380 e. The van der Waals surface area contributed by atoms with Gasteiger partial charge < -0.3 is 5.32 Å². The number of para-hydroxylation sites is 1. The molecule has 0 spiro atoms. The van der Waals surface area contributed by atoms with Crippen molar-refractivity contribution < 1.29 is 0 Å². The molecule has 0 bridgehead atoms. The maximum Gasteiger partial charge on any atom is 0.101 e. The highest BCUT2D eigenvalue weighted by Crippen LogP contribution is 2.31. The lowest BCUT2D eigenvalue weighted by Crippen LogP contribution is -2.26. The van der Waals surface area contributed by atoms with Crippen LogP contribution in [0.1, 0.15) is 24.8 Å². The molecule has 1 saturated carbocycles. The standard InChI is InChI=1S/C13H16N2S/c1-16-13-8-4-7-12(13)15-11-6-3-2-5-10(11)9-14/h2-3,5-6,12-13,15H,4,7-8H2,1H3. The third-order valence-corrected chi connectivity index (χ3v) is 4.31. The monoisotopic (exact) mass is 232 g/mol. The second kappa shape index (κ2) is 5.27. The van der Waals surface area contributed by atoms with E-state index in [0.717, 1.165) is 11.3 Å². The SMILES string of the molecule is CSC1CCCC1Nc1ccccc1C#N. The van der Waals surface area contributed by atoms with Crippen molar-refractivity contribution >= 4 is 17.4 Å². The van der Waals surface area contributed by atoms with Gasteiger partial charge in [0.2, 0.25) is 0 Å². The van der Waals surface area contributed by atoms with Crippen LogP contribution >= 0.6 is 11.8 Å². The first kappa shape index (κ1) is 11.3. The highest BCUT2D eigenvalue weighted by molar-refractivity contribution is 7.99. The van der Waals surface area contributed by atoms with Crippen molar-refractivity contribution in [2.75, 3.05) is 11.6 Å². The molecule has 3 heteroatoms. The van der Waals surface area contributed by atoms with E-state index in [1.54, 1.807) is 0 Å². The molecule has 0 aromatic heterocycles. The lowest BCUT2D eigenvalue weighted by Gasteiger charge is -2.20. The fraction of sp³-hybridized carbons (Fsp3) is 0.462. The second-order valence-electron chi connectivity index (χ2n) is 4.11. The van der Waals surface area contributed by atoms with Crippen LogP contribution in [-0.2, 0) is 0 Å². The number of anilines is 1. The molecule has 0 radical (unpaired) electrons. The zero-order valence-corrected chi connectivity index (χ0v) is 10.3. The number of hydrogen-bond donors (Lipinski definition) is 1. The fourth-order valence-electron chi connectivity index (χ4n) is 2.28. The van der Waals surface area contributed by atoms with E-state index in [1.165, 1.54) is 19.3 Å². The van der Waals surface area contributed by atoms with E-state index in [0.29, 0.717) is 11.3 Å². The van der Waals surface area contributed by atoms with Gasteiger partial charge in [0.1, 0.15) is 6.07 Å². The minimum atomic E-state index is 0.518. The van der Waals surface area contributed by atoms with Gasteiger partial charge in [0, 0.05) is 11.3 Å². The molecule has 2 atom stereocenters. The molecule has 2 unspecified atom stereocenters. The zero-order valence-electron chi connectivity index (χ0n) is 9.44. The molecule has 0 saturated heterocycles. The van der Waals surface area contributed by atoms with E-state index >= 15 is 0 Å². The summed E-state index contributed by atoms with van der Waals surface area (Å²) >= 11 is 1.93. The van der Waals surface area contributed by atoms with E-state index in [1.807, 2.05) is 36.0 Å². The van der Waals surface area contributed by atoms with Crippen molar-refractivity contribution in [3.63, 3.8) is 0 Å². The van der Waals surface area contributed by atoms with Crippen molar-refractivity contribution in [2.45, 2.75) is 30.6 Å². The number of thioether (sulfide) groups is 1. The quantitative estimate of drug-likeness (QED) is 0.869. The van der Waals surface area contributed by atoms with Crippen molar-refractivity contribution in [1.29, 1.82) is 5.26 Å². The van der Waals surface area contributed by atoms with Gasteiger partial charge in [0.15, 0.2) is 0 Å². The summed E-state index contributed by atoms with van der Waals surface area (Å²) in [7, 11) is 0. The predicted molar refractivity (Wildman–Crippen MR) is 69.7 cm³/mol. The zero-order chi connectivity index (χ0) is 11.4. The van der Waals surface area contributed by atoms with E-state index in [-0.39, 0.29) is 0 Å². The first-order valence-electron chi connectivity index (χ1n) is 5.63. The number of benzene rings is 1. The van der Waals surface area contributed by atoms with Crippen molar-refractivity contribution in [3.05, 3.63) is 29.8 Å². The summed E-state index contributed by atoms with van der Waals surface area (Å²) in [4.78, 5) is 0. The third kappa shape index (κ3) is 2.33. The van der Waals surface area contributed by atoms with Crippen LogP contribution in [0.25, 0.3) is 0 Å². The number of hydrogen-bond acceptors (Lipinski definition) is 3. The lowest BCUT2D eigenvalue weighted by molar-refractivity contribution is 0.768. The van der Waals surface area contributed by atoms with Crippen molar-refractivity contribution in [2.24, 2.45) is 0 Å². The number of nitrogens with zero attached hydrogens (tertiary/aromatic N) is 1. The number of nitriles is 1. The van der Waals surface area contributed by atoms with Gasteiger partial charge in [-0.15, -0.1) is 0 Å². The van der Waals surface area contributed by atoms with Crippen LogP contribution < -0.4 is 5.32 Å². The van der Waals surface area contributed by atoms with E-state index < -0.39 is 0 Å². The highest BCUT2D eigenvalue weighted by atomic mass is 32.2. The van der Waals surface area contributed by atoms with Crippen LogP contribution in [0, 0.1) is 11.3 Å². The molecule has 2 nitrogen and oxygen atoms in total. The summed E-state index contributed by atoms with van der Waals surface area (Å²) in [5, 5.41) is 13.2. The maximum absolute atomic E-state index is 9.02. The topological polar surface area (TPSA) is 35.8 Å². The minimum Gasteiger partial charge on any atom is -0.380 e. The molecule has 16 heavy (non-hydrogen) atoms. The number of nitrogens with one attached hydrogen (secondary N) is 1. The number of rotatable bonds is 3. The Morgan fingerprint density at radius 2 is 2.19 bits per heavy atom. The Kier molecular flexibility index (Phi) is 3.74.